The second-order valence-electron chi connectivity index (χ2n) is 6.23. The summed E-state index contributed by atoms with van der Waals surface area (Å²) >= 11 is 0. The van der Waals surface area contributed by atoms with Crippen LogP contribution in [-0.2, 0) is 4.79 Å². The van der Waals surface area contributed by atoms with Crippen molar-refractivity contribution in [1.29, 1.82) is 0 Å². The Morgan fingerprint density at radius 3 is 2.76 bits per heavy atom. The first-order valence-electron chi connectivity index (χ1n) is 7.90. The second-order valence-corrected chi connectivity index (χ2v) is 6.23. The van der Waals surface area contributed by atoms with Crippen molar-refractivity contribution >= 4 is 5.91 Å². The van der Waals surface area contributed by atoms with Gasteiger partial charge in [-0.05, 0) is 44.7 Å². The molecule has 0 saturated carbocycles. The molecule has 1 heterocycles. The Kier molecular flexibility index (Phi) is 5.76. The Morgan fingerprint density at radius 1 is 1.38 bits per heavy atom. The van der Waals surface area contributed by atoms with E-state index >= 15 is 0 Å². The third-order valence-corrected chi connectivity index (χ3v) is 4.29. The predicted octanol–water partition coefficient (Wildman–Crippen LogP) is 1.92. The number of likely N-dealkylation sites (tertiary alicyclic amines) is 1. The van der Waals surface area contributed by atoms with Gasteiger partial charge in [0.05, 0.1) is 0 Å². The average Bonchev–Trinajstić information content (AvgIpc) is 2.53. The SMILES string of the molecule is CC(C)N1CCCC(CNC(=O)C(N)c2ccccc2)C1. The third kappa shape index (κ3) is 4.55. The zero-order valence-corrected chi connectivity index (χ0v) is 13.1. The predicted molar refractivity (Wildman–Crippen MR) is 85.8 cm³/mol. The highest BCUT2D eigenvalue weighted by Crippen LogP contribution is 2.18. The van der Waals surface area contributed by atoms with Crippen LogP contribution >= 0.6 is 0 Å². The Hall–Kier alpha value is -1.39. The Labute approximate surface area is 127 Å². The molecule has 1 aromatic carbocycles. The molecule has 0 aliphatic carbocycles. The van der Waals surface area contributed by atoms with Crippen LogP contribution in [0.5, 0.6) is 0 Å². The van der Waals surface area contributed by atoms with Crippen LogP contribution in [0.4, 0.5) is 0 Å². The summed E-state index contributed by atoms with van der Waals surface area (Å²) in [6, 6.07) is 9.53. The largest absolute Gasteiger partial charge is 0.354 e. The van der Waals surface area contributed by atoms with Crippen molar-refractivity contribution in [2.75, 3.05) is 19.6 Å². The van der Waals surface area contributed by atoms with Crippen LogP contribution in [0.1, 0.15) is 38.3 Å². The molecule has 21 heavy (non-hydrogen) atoms. The topological polar surface area (TPSA) is 58.4 Å². The van der Waals surface area contributed by atoms with E-state index in [1.807, 2.05) is 30.3 Å². The molecule has 0 radical (unpaired) electrons. The van der Waals surface area contributed by atoms with E-state index in [1.165, 1.54) is 19.4 Å². The maximum Gasteiger partial charge on any atom is 0.241 e. The molecule has 4 heteroatoms. The van der Waals surface area contributed by atoms with Crippen molar-refractivity contribution in [3.8, 4) is 0 Å². The molecule has 2 rings (SSSR count). The molecule has 0 spiro atoms. The molecule has 1 aliphatic rings. The van der Waals surface area contributed by atoms with E-state index in [9.17, 15) is 4.79 Å². The molecule has 0 bridgehead atoms. The van der Waals surface area contributed by atoms with Gasteiger partial charge in [0.25, 0.3) is 0 Å². The highest BCUT2D eigenvalue weighted by molar-refractivity contribution is 5.82. The van der Waals surface area contributed by atoms with Crippen LogP contribution in [0.3, 0.4) is 0 Å². The van der Waals surface area contributed by atoms with Gasteiger partial charge in [-0.2, -0.15) is 0 Å². The number of rotatable bonds is 5. The van der Waals surface area contributed by atoms with Gasteiger partial charge in [0.1, 0.15) is 6.04 Å². The molecular formula is C17H27N3O. The number of hydrogen-bond donors (Lipinski definition) is 2. The minimum Gasteiger partial charge on any atom is -0.354 e. The number of hydrogen-bond acceptors (Lipinski definition) is 3. The maximum atomic E-state index is 12.2. The zero-order chi connectivity index (χ0) is 15.2. The van der Waals surface area contributed by atoms with Crippen LogP contribution in [0, 0.1) is 5.92 Å². The van der Waals surface area contributed by atoms with Crippen LogP contribution < -0.4 is 11.1 Å². The monoisotopic (exact) mass is 289 g/mol. The third-order valence-electron chi connectivity index (χ3n) is 4.29. The Bertz CT molecular complexity index is 447. The molecule has 116 valence electrons. The number of amides is 1. The van der Waals surface area contributed by atoms with Gasteiger partial charge in [-0.3, -0.25) is 4.79 Å². The molecule has 1 fully saturated rings. The first-order valence-corrected chi connectivity index (χ1v) is 7.90. The molecule has 0 aromatic heterocycles. The second kappa shape index (κ2) is 7.57. The van der Waals surface area contributed by atoms with Gasteiger partial charge >= 0.3 is 0 Å². The van der Waals surface area contributed by atoms with Gasteiger partial charge in [0.15, 0.2) is 0 Å². The van der Waals surface area contributed by atoms with Gasteiger partial charge in [-0.1, -0.05) is 30.3 Å². The number of nitrogens with one attached hydrogen (secondary N) is 1. The Morgan fingerprint density at radius 2 is 2.10 bits per heavy atom. The summed E-state index contributed by atoms with van der Waals surface area (Å²) in [7, 11) is 0. The molecule has 2 atom stereocenters. The zero-order valence-electron chi connectivity index (χ0n) is 13.1. The standard InChI is InChI=1S/C17H27N3O/c1-13(2)20-10-6-7-14(12-20)11-19-17(21)16(18)15-8-4-3-5-9-15/h3-5,8-9,13-14,16H,6-7,10-12,18H2,1-2H3,(H,19,21). The minimum absolute atomic E-state index is 0.0807. The van der Waals surface area contributed by atoms with E-state index in [0.29, 0.717) is 12.0 Å². The lowest BCUT2D eigenvalue weighted by molar-refractivity contribution is -0.122. The summed E-state index contributed by atoms with van der Waals surface area (Å²) in [4.78, 5) is 14.6. The summed E-state index contributed by atoms with van der Waals surface area (Å²) in [5.74, 6) is 0.455. The van der Waals surface area contributed by atoms with Crippen LogP contribution in [0.15, 0.2) is 30.3 Å². The van der Waals surface area contributed by atoms with Crippen LogP contribution in [0.25, 0.3) is 0 Å². The molecule has 4 nitrogen and oxygen atoms in total. The molecule has 1 aliphatic heterocycles. The lowest BCUT2D eigenvalue weighted by atomic mass is 9.96. The van der Waals surface area contributed by atoms with E-state index in [-0.39, 0.29) is 5.91 Å². The first-order chi connectivity index (χ1) is 10.1. The number of benzene rings is 1. The number of nitrogens with zero attached hydrogens (tertiary/aromatic N) is 1. The van der Waals surface area contributed by atoms with E-state index in [2.05, 4.69) is 24.1 Å². The number of piperidine rings is 1. The van der Waals surface area contributed by atoms with Crippen LogP contribution in [-0.4, -0.2) is 36.5 Å². The average molecular weight is 289 g/mol. The Balaban J connectivity index is 1.81. The fourth-order valence-electron chi connectivity index (χ4n) is 2.90. The van der Waals surface area contributed by atoms with Crippen molar-refractivity contribution in [3.05, 3.63) is 35.9 Å². The van der Waals surface area contributed by atoms with E-state index < -0.39 is 6.04 Å². The van der Waals surface area contributed by atoms with E-state index in [1.54, 1.807) is 0 Å². The fraction of sp³-hybridized carbons (Fsp3) is 0.588. The normalized spacial score (nSPS) is 21.2. The highest BCUT2D eigenvalue weighted by atomic mass is 16.2. The molecule has 1 amide bonds. The lowest BCUT2D eigenvalue weighted by Crippen LogP contribution is -2.45. The molecule has 2 unspecified atom stereocenters. The number of nitrogens with two attached hydrogens (primary N) is 1. The highest BCUT2D eigenvalue weighted by Gasteiger charge is 2.23. The minimum atomic E-state index is -0.573. The fourth-order valence-corrected chi connectivity index (χ4v) is 2.90. The summed E-state index contributed by atoms with van der Waals surface area (Å²) < 4.78 is 0. The summed E-state index contributed by atoms with van der Waals surface area (Å²) in [5.41, 5.74) is 6.87. The van der Waals surface area contributed by atoms with Gasteiger partial charge < -0.3 is 16.0 Å². The van der Waals surface area contributed by atoms with E-state index in [0.717, 1.165) is 18.7 Å². The van der Waals surface area contributed by atoms with Gasteiger partial charge in [-0.15, -0.1) is 0 Å². The summed E-state index contributed by atoms with van der Waals surface area (Å²) in [6.45, 7) is 7.42. The van der Waals surface area contributed by atoms with Crippen LogP contribution in [0.2, 0.25) is 0 Å². The van der Waals surface area contributed by atoms with Crippen molar-refractivity contribution < 1.29 is 4.79 Å². The lowest BCUT2D eigenvalue weighted by Gasteiger charge is -2.35. The van der Waals surface area contributed by atoms with Gasteiger partial charge in [0.2, 0.25) is 5.91 Å². The number of carbonyl (C=O) groups excluding carboxylic acids is 1. The van der Waals surface area contributed by atoms with Crippen molar-refractivity contribution in [3.63, 3.8) is 0 Å². The van der Waals surface area contributed by atoms with Crippen molar-refractivity contribution in [2.24, 2.45) is 11.7 Å². The number of carbonyl (C=O) groups is 1. The molecule has 1 saturated heterocycles. The molecule has 3 N–H and O–H groups in total. The van der Waals surface area contributed by atoms with Gasteiger partial charge in [0, 0.05) is 19.1 Å². The molecule has 1 aromatic rings. The summed E-state index contributed by atoms with van der Waals surface area (Å²) in [6.07, 6.45) is 2.40. The first kappa shape index (κ1) is 16.0. The smallest absolute Gasteiger partial charge is 0.241 e. The quantitative estimate of drug-likeness (QED) is 0.870. The van der Waals surface area contributed by atoms with Crippen molar-refractivity contribution in [1.82, 2.24) is 10.2 Å². The van der Waals surface area contributed by atoms with Crippen molar-refractivity contribution in [2.45, 2.75) is 38.8 Å². The maximum absolute atomic E-state index is 12.2. The summed E-state index contributed by atoms with van der Waals surface area (Å²) in [5, 5.41) is 3.02. The molecular weight excluding hydrogens is 262 g/mol. The van der Waals surface area contributed by atoms with E-state index in [4.69, 9.17) is 5.73 Å². The van der Waals surface area contributed by atoms with Gasteiger partial charge in [-0.25, -0.2) is 0 Å².